The lowest BCUT2D eigenvalue weighted by molar-refractivity contribution is -0.164. The summed E-state index contributed by atoms with van der Waals surface area (Å²) in [6.07, 6.45) is 19.7. The van der Waals surface area contributed by atoms with Gasteiger partial charge in [0, 0.05) is 11.2 Å². The van der Waals surface area contributed by atoms with Crippen LogP contribution in [-0.4, -0.2) is 24.0 Å². The molecule has 4 saturated carbocycles. The van der Waals surface area contributed by atoms with E-state index in [2.05, 4.69) is 80.9 Å². The van der Waals surface area contributed by atoms with Crippen LogP contribution in [0.25, 0.3) is 0 Å². The van der Waals surface area contributed by atoms with E-state index < -0.39 is 0 Å². The van der Waals surface area contributed by atoms with Crippen molar-refractivity contribution in [1.29, 1.82) is 0 Å². The molecule has 4 heteroatoms. The standard InChI is InChI=1S/C40H61BrO3/c1-28(2)12-11-13-29(3)34-18-19-35-32-17-16-31-26-33(30-14-7-6-8-15-30)37(44-38(42)21-25-43-24-10-9-23-41)27-40(31,5)36(32)20-22-39(34,35)4/h6-8,14-15,21,25,28-29,31-37H,9-13,16-20,22-24,26-27H2,1-5H3/b25-21+/t29-,31+,32+,33+,34-,35+,36+,37-,39-,40+/m1/s1. The first-order chi connectivity index (χ1) is 21.2. The summed E-state index contributed by atoms with van der Waals surface area (Å²) < 4.78 is 12.0. The number of benzene rings is 1. The molecule has 0 heterocycles. The predicted octanol–water partition coefficient (Wildman–Crippen LogP) is 11.1. The van der Waals surface area contributed by atoms with Crippen LogP contribution in [0.15, 0.2) is 42.7 Å². The molecule has 0 saturated heterocycles. The van der Waals surface area contributed by atoms with Gasteiger partial charge in [-0.2, -0.15) is 0 Å². The number of esters is 1. The molecule has 1 aromatic carbocycles. The van der Waals surface area contributed by atoms with Crippen LogP contribution in [0, 0.1) is 52.3 Å². The summed E-state index contributed by atoms with van der Waals surface area (Å²) in [6.45, 7) is 13.2. The largest absolute Gasteiger partial charge is 0.501 e. The van der Waals surface area contributed by atoms with Crippen molar-refractivity contribution >= 4 is 21.9 Å². The molecule has 0 bridgehead atoms. The van der Waals surface area contributed by atoms with E-state index in [4.69, 9.17) is 9.47 Å². The van der Waals surface area contributed by atoms with Crippen molar-refractivity contribution < 1.29 is 14.3 Å². The highest BCUT2D eigenvalue weighted by atomic mass is 79.9. The maximum Gasteiger partial charge on any atom is 0.334 e. The minimum Gasteiger partial charge on any atom is -0.501 e. The number of unbranched alkanes of at least 4 members (excludes halogenated alkanes) is 1. The Hall–Kier alpha value is -1.29. The number of carbonyl (C=O) groups excluding carboxylic acids is 1. The van der Waals surface area contributed by atoms with Gasteiger partial charge in [0.15, 0.2) is 0 Å². The normalized spacial score (nSPS) is 37.3. The quantitative estimate of drug-likeness (QED) is 0.0689. The summed E-state index contributed by atoms with van der Waals surface area (Å²) in [7, 11) is 0. The van der Waals surface area contributed by atoms with Crippen molar-refractivity contribution in [2.45, 2.75) is 130 Å². The molecule has 0 spiro atoms. The Kier molecular flexibility index (Phi) is 11.7. The molecule has 0 unspecified atom stereocenters. The molecule has 5 rings (SSSR count). The maximum atomic E-state index is 13.1. The highest BCUT2D eigenvalue weighted by Gasteiger charge is 2.61. The minimum absolute atomic E-state index is 0.0893. The number of alkyl halides is 1. The molecule has 4 aliphatic rings. The molecule has 246 valence electrons. The van der Waals surface area contributed by atoms with E-state index in [1.165, 1.54) is 69.4 Å². The first-order valence-corrected chi connectivity index (χ1v) is 19.4. The van der Waals surface area contributed by atoms with Crippen molar-refractivity contribution in [2.24, 2.45) is 52.3 Å². The Morgan fingerprint density at radius 2 is 1.73 bits per heavy atom. The molecule has 0 aromatic heterocycles. The van der Waals surface area contributed by atoms with Crippen LogP contribution in [0.5, 0.6) is 0 Å². The minimum atomic E-state index is -0.257. The Labute approximate surface area is 277 Å². The summed E-state index contributed by atoms with van der Waals surface area (Å²) in [4.78, 5) is 13.1. The molecule has 0 amide bonds. The van der Waals surface area contributed by atoms with Crippen molar-refractivity contribution in [3.05, 3.63) is 48.2 Å². The third-order valence-electron chi connectivity index (χ3n) is 13.3. The number of fused-ring (bicyclic) bond motifs is 5. The monoisotopic (exact) mass is 668 g/mol. The average molecular weight is 670 g/mol. The van der Waals surface area contributed by atoms with E-state index in [0.717, 1.165) is 66.5 Å². The lowest BCUT2D eigenvalue weighted by Crippen LogP contribution is -2.56. The second-order valence-corrected chi connectivity index (χ2v) is 17.0. The second kappa shape index (κ2) is 15.1. The van der Waals surface area contributed by atoms with Gasteiger partial charge in [-0.25, -0.2) is 4.79 Å². The van der Waals surface area contributed by atoms with E-state index in [1.807, 2.05) is 0 Å². The smallest absolute Gasteiger partial charge is 0.334 e. The molecule has 0 N–H and O–H groups in total. The number of ether oxygens (including phenoxy) is 2. The number of rotatable bonds is 13. The van der Waals surface area contributed by atoms with E-state index >= 15 is 0 Å². The van der Waals surface area contributed by atoms with E-state index in [9.17, 15) is 4.79 Å². The Bertz CT molecular complexity index is 1090. The number of carbonyl (C=O) groups is 1. The predicted molar refractivity (Wildman–Crippen MR) is 186 cm³/mol. The van der Waals surface area contributed by atoms with Gasteiger partial charge in [0.1, 0.15) is 6.10 Å². The van der Waals surface area contributed by atoms with Crippen LogP contribution in [0.1, 0.15) is 130 Å². The number of halogens is 1. The van der Waals surface area contributed by atoms with Gasteiger partial charge in [-0.15, -0.1) is 0 Å². The van der Waals surface area contributed by atoms with Crippen LogP contribution in [-0.2, 0) is 14.3 Å². The van der Waals surface area contributed by atoms with Gasteiger partial charge < -0.3 is 9.47 Å². The van der Waals surface area contributed by atoms with E-state index in [-0.39, 0.29) is 23.4 Å². The zero-order chi connectivity index (χ0) is 31.3. The third kappa shape index (κ3) is 7.31. The average Bonchev–Trinajstić information content (AvgIpc) is 3.36. The van der Waals surface area contributed by atoms with Gasteiger partial charge in [0.25, 0.3) is 0 Å². The molecule has 1 aromatic rings. The van der Waals surface area contributed by atoms with Crippen molar-refractivity contribution in [1.82, 2.24) is 0 Å². The van der Waals surface area contributed by atoms with E-state index in [0.29, 0.717) is 17.9 Å². The summed E-state index contributed by atoms with van der Waals surface area (Å²) >= 11 is 3.46. The van der Waals surface area contributed by atoms with Crippen molar-refractivity contribution in [2.75, 3.05) is 11.9 Å². The summed E-state index contributed by atoms with van der Waals surface area (Å²) in [6, 6.07) is 10.9. The van der Waals surface area contributed by atoms with Gasteiger partial charge in [-0.3, -0.25) is 0 Å². The van der Waals surface area contributed by atoms with Crippen LogP contribution >= 0.6 is 15.9 Å². The lowest BCUT2D eigenvalue weighted by atomic mass is 9.43. The molecule has 4 aliphatic carbocycles. The number of hydrogen-bond acceptors (Lipinski definition) is 3. The molecular weight excluding hydrogens is 608 g/mol. The fraction of sp³-hybridized carbons (Fsp3) is 0.775. The van der Waals surface area contributed by atoms with Crippen molar-refractivity contribution in [3.63, 3.8) is 0 Å². The zero-order valence-corrected chi connectivity index (χ0v) is 30.0. The topological polar surface area (TPSA) is 35.5 Å². The molecule has 0 radical (unpaired) electrons. The zero-order valence-electron chi connectivity index (χ0n) is 28.4. The van der Waals surface area contributed by atoms with Crippen LogP contribution in [0.4, 0.5) is 0 Å². The van der Waals surface area contributed by atoms with Crippen LogP contribution < -0.4 is 0 Å². The number of hydrogen-bond donors (Lipinski definition) is 0. The maximum absolute atomic E-state index is 13.1. The fourth-order valence-electron chi connectivity index (χ4n) is 11.1. The molecule has 3 nitrogen and oxygen atoms in total. The van der Waals surface area contributed by atoms with Gasteiger partial charge >= 0.3 is 5.97 Å². The SMILES string of the molecule is CC(C)CCC[C@@H](C)[C@H]1CC[C@H]2[C@@H]3CC[C@H]4C[C@@H](c5ccccc5)[C@H](OC(=O)/C=C/OCCCCBr)C[C@]4(C)[C@H]3CC[C@]12C. The fourth-order valence-corrected chi connectivity index (χ4v) is 11.5. The van der Waals surface area contributed by atoms with Gasteiger partial charge in [0.05, 0.1) is 18.9 Å². The Balaban J connectivity index is 1.30. The highest BCUT2D eigenvalue weighted by Crippen LogP contribution is 2.69. The molecule has 4 fully saturated rings. The second-order valence-electron chi connectivity index (χ2n) is 16.2. The lowest BCUT2D eigenvalue weighted by Gasteiger charge is -2.62. The highest BCUT2D eigenvalue weighted by molar-refractivity contribution is 9.09. The van der Waals surface area contributed by atoms with Crippen LogP contribution in [0.3, 0.4) is 0 Å². The Morgan fingerprint density at radius 1 is 0.955 bits per heavy atom. The van der Waals surface area contributed by atoms with Crippen molar-refractivity contribution in [3.8, 4) is 0 Å². The Morgan fingerprint density at radius 3 is 2.48 bits per heavy atom. The summed E-state index contributed by atoms with van der Waals surface area (Å²) in [5, 5.41) is 0.977. The van der Waals surface area contributed by atoms with Gasteiger partial charge in [-0.1, -0.05) is 100 Å². The first-order valence-electron chi connectivity index (χ1n) is 18.3. The van der Waals surface area contributed by atoms with Gasteiger partial charge in [-0.05, 0) is 122 Å². The van der Waals surface area contributed by atoms with Crippen LogP contribution in [0.2, 0.25) is 0 Å². The molecule has 44 heavy (non-hydrogen) atoms. The summed E-state index contributed by atoms with van der Waals surface area (Å²) in [5.41, 5.74) is 2.07. The molecular formula is C40H61BrO3. The first kappa shape index (κ1) is 34.1. The third-order valence-corrected chi connectivity index (χ3v) is 13.9. The summed E-state index contributed by atoms with van der Waals surface area (Å²) in [5.74, 6) is 5.72. The van der Waals surface area contributed by atoms with Gasteiger partial charge in [0.2, 0.25) is 0 Å². The van der Waals surface area contributed by atoms with E-state index in [1.54, 1.807) is 6.26 Å². The molecule has 10 atom stereocenters. The molecule has 0 aliphatic heterocycles.